The molecular weight excluding hydrogens is 142 g/mol. The third-order valence-corrected chi connectivity index (χ3v) is 1.78. The Morgan fingerprint density at radius 2 is 2.18 bits per heavy atom. The molecule has 0 heterocycles. The molecule has 0 bridgehead atoms. The molecule has 0 saturated heterocycles. The molecule has 11 heavy (non-hydrogen) atoms. The summed E-state index contributed by atoms with van der Waals surface area (Å²) in [6.07, 6.45) is 3.21. The first-order valence-electron chi connectivity index (χ1n) is 4.12. The van der Waals surface area contributed by atoms with Crippen molar-refractivity contribution in [1.82, 2.24) is 5.32 Å². The molecule has 3 heteroatoms. The highest BCUT2D eigenvalue weighted by molar-refractivity contribution is 4.61. The van der Waals surface area contributed by atoms with E-state index in [-0.39, 0.29) is 12.6 Å². The number of methoxy groups -OCH3 is 1. The zero-order valence-corrected chi connectivity index (χ0v) is 7.47. The summed E-state index contributed by atoms with van der Waals surface area (Å²) < 4.78 is 4.91. The Balaban J connectivity index is 3.07. The maximum atomic E-state index is 8.79. The molecule has 0 amide bonds. The van der Waals surface area contributed by atoms with Gasteiger partial charge in [-0.2, -0.15) is 0 Å². The lowest BCUT2D eigenvalue weighted by molar-refractivity contribution is 0.186. The maximum Gasteiger partial charge on any atom is 0.0584 e. The van der Waals surface area contributed by atoms with E-state index in [1.165, 1.54) is 0 Å². The molecule has 0 aromatic carbocycles. The lowest BCUT2D eigenvalue weighted by Gasteiger charge is -2.11. The average Bonchev–Trinajstić information content (AvgIpc) is 2.05. The Morgan fingerprint density at radius 3 is 2.64 bits per heavy atom. The molecule has 0 spiro atoms. The fraction of sp³-hybridized carbons (Fsp3) is 1.00. The van der Waals surface area contributed by atoms with E-state index in [4.69, 9.17) is 9.84 Å². The van der Waals surface area contributed by atoms with Gasteiger partial charge in [0, 0.05) is 19.8 Å². The monoisotopic (exact) mass is 161 g/mol. The minimum atomic E-state index is 0.226. The molecule has 0 radical (unpaired) electrons. The summed E-state index contributed by atoms with van der Waals surface area (Å²) in [6, 6.07) is 0.256. The number of nitrogens with one attached hydrogen (secondary N) is 1. The van der Waals surface area contributed by atoms with E-state index in [2.05, 4.69) is 5.32 Å². The Bertz CT molecular complexity index is 74.5. The van der Waals surface area contributed by atoms with Gasteiger partial charge >= 0.3 is 0 Å². The minimum Gasteiger partial charge on any atom is -0.395 e. The normalized spacial score (nSPS) is 13.4. The number of hydrogen-bond acceptors (Lipinski definition) is 3. The molecule has 0 aliphatic rings. The van der Waals surface area contributed by atoms with Gasteiger partial charge in [-0.3, -0.25) is 0 Å². The number of likely N-dealkylation sites (N-methyl/N-ethyl adjacent to an activating group) is 1. The Kier molecular flexibility index (Phi) is 7.89. The molecule has 0 aliphatic heterocycles. The van der Waals surface area contributed by atoms with Crippen LogP contribution in [0, 0.1) is 0 Å². The van der Waals surface area contributed by atoms with Crippen LogP contribution in [0.2, 0.25) is 0 Å². The second-order valence-electron chi connectivity index (χ2n) is 2.66. The molecule has 1 unspecified atom stereocenters. The van der Waals surface area contributed by atoms with Crippen LogP contribution in [0.3, 0.4) is 0 Å². The quantitative estimate of drug-likeness (QED) is 0.530. The number of hydrogen-bond donors (Lipinski definition) is 2. The zero-order chi connectivity index (χ0) is 8.53. The Labute approximate surface area is 68.8 Å². The molecule has 3 nitrogen and oxygen atoms in total. The van der Waals surface area contributed by atoms with E-state index in [1.807, 2.05) is 7.05 Å². The SMILES string of the molecule is CNC(CO)CCCCOC. The summed E-state index contributed by atoms with van der Waals surface area (Å²) in [5.41, 5.74) is 0. The van der Waals surface area contributed by atoms with Gasteiger partial charge in [0.15, 0.2) is 0 Å². The van der Waals surface area contributed by atoms with Crippen molar-refractivity contribution in [2.24, 2.45) is 0 Å². The molecule has 0 aromatic heterocycles. The van der Waals surface area contributed by atoms with Crippen LogP contribution in [0.5, 0.6) is 0 Å². The molecule has 68 valence electrons. The Hall–Kier alpha value is -0.120. The lowest BCUT2D eigenvalue weighted by atomic mass is 10.1. The molecule has 0 aromatic rings. The number of unbranched alkanes of at least 4 members (excludes halogenated alkanes) is 1. The molecule has 0 aliphatic carbocycles. The van der Waals surface area contributed by atoms with Gasteiger partial charge in [0.2, 0.25) is 0 Å². The molecular formula is C8H19NO2. The summed E-state index contributed by atoms with van der Waals surface area (Å²) in [6.45, 7) is 1.05. The van der Waals surface area contributed by atoms with Crippen molar-refractivity contribution in [3.63, 3.8) is 0 Å². The maximum absolute atomic E-state index is 8.79. The van der Waals surface area contributed by atoms with E-state index >= 15 is 0 Å². The van der Waals surface area contributed by atoms with E-state index in [0.717, 1.165) is 25.9 Å². The second-order valence-corrected chi connectivity index (χ2v) is 2.66. The van der Waals surface area contributed by atoms with Crippen LogP contribution in [0.4, 0.5) is 0 Å². The highest BCUT2D eigenvalue weighted by Gasteiger charge is 2.01. The fourth-order valence-electron chi connectivity index (χ4n) is 0.964. The van der Waals surface area contributed by atoms with Crippen LogP contribution in [0.25, 0.3) is 0 Å². The van der Waals surface area contributed by atoms with Crippen molar-refractivity contribution < 1.29 is 9.84 Å². The largest absolute Gasteiger partial charge is 0.395 e. The predicted molar refractivity (Wildman–Crippen MR) is 45.7 cm³/mol. The smallest absolute Gasteiger partial charge is 0.0584 e. The minimum absolute atomic E-state index is 0.226. The topological polar surface area (TPSA) is 41.5 Å². The van der Waals surface area contributed by atoms with Crippen molar-refractivity contribution in [2.75, 3.05) is 27.4 Å². The number of aliphatic hydroxyl groups excluding tert-OH is 1. The molecule has 2 N–H and O–H groups in total. The average molecular weight is 161 g/mol. The number of rotatable bonds is 7. The van der Waals surface area contributed by atoms with E-state index < -0.39 is 0 Å². The molecule has 0 rings (SSSR count). The van der Waals surface area contributed by atoms with Crippen LogP contribution in [0.15, 0.2) is 0 Å². The standard InChI is InChI=1S/C8H19NO2/c1-9-8(7-10)5-3-4-6-11-2/h8-10H,3-7H2,1-2H3. The third-order valence-electron chi connectivity index (χ3n) is 1.78. The number of aliphatic hydroxyl groups is 1. The van der Waals surface area contributed by atoms with Gasteiger partial charge in [-0.25, -0.2) is 0 Å². The van der Waals surface area contributed by atoms with Crippen molar-refractivity contribution >= 4 is 0 Å². The summed E-state index contributed by atoms with van der Waals surface area (Å²) in [7, 11) is 3.58. The zero-order valence-electron chi connectivity index (χ0n) is 7.47. The highest BCUT2D eigenvalue weighted by atomic mass is 16.5. The van der Waals surface area contributed by atoms with Gasteiger partial charge in [0.25, 0.3) is 0 Å². The summed E-state index contributed by atoms with van der Waals surface area (Å²) in [5.74, 6) is 0. The van der Waals surface area contributed by atoms with Crippen molar-refractivity contribution in [3.05, 3.63) is 0 Å². The molecule has 0 saturated carbocycles. The van der Waals surface area contributed by atoms with Gasteiger partial charge in [-0.15, -0.1) is 0 Å². The van der Waals surface area contributed by atoms with Gasteiger partial charge < -0.3 is 15.2 Å². The van der Waals surface area contributed by atoms with Crippen LogP contribution >= 0.6 is 0 Å². The molecule has 1 atom stereocenters. The van der Waals surface area contributed by atoms with Gasteiger partial charge in [0.05, 0.1) is 6.61 Å². The van der Waals surface area contributed by atoms with Crippen LogP contribution in [-0.4, -0.2) is 38.5 Å². The van der Waals surface area contributed by atoms with Crippen LogP contribution < -0.4 is 5.32 Å². The summed E-state index contributed by atoms with van der Waals surface area (Å²) >= 11 is 0. The van der Waals surface area contributed by atoms with Crippen molar-refractivity contribution in [3.8, 4) is 0 Å². The first-order valence-corrected chi connectivity index (χ1v) is 4.12. The summed E-state index contributed by atoms with van der Waals surface area (Å²) in [5, 5.41) is 11.8. The third kappa shape index (κ3) is 6.28. The first kappa shape index (κ1) is 10.9. The predicted octanol–water partition coefficient (Wildman–Crippen LogP) is 0.383. The summed E-state index contributed by atoms with van der Waals surface area (Å²) in [4.78, 5) is 0. The van der Waals surface area contributed by atoms with Crippen molar-refractivity contribution in [1.29, 1.82) is 0 Å². The van der Waals surface area contributed by atoms with Gasteiger partial charge in [0.1, 0.15) is 0 Å². The van der Waals surface area contributed by atoms with Crippen molar-refractivity contribution in [2.45, 2.75) is 25.3 Å². The highest BCUT2D eigenvalue weighted by Crippen LogP contribution is 1.99. The first-order chi connectivity index (χ1) is 5.35. The van der Waals surface area contributed by atoms with Gasteiger partial charge in [-0.1, -0.05) is 0 Å². The lowest BCUT2D eigenvalue weighted by Crippen LogP contribution is -2.28. The van der Waals surface area contributed by atoms with E-state index in [1.54, 1.807) is 7.11 Å². The Morgan fingerprint density at radius 1 is 1.45 bits per heavy atom. The van der Waals surface area contributed by atoms with Crippen LogP contribution in [0.1, 0.15) is 19.3 Å². The molecule has 0 fully saturated rings. The second kappa shape index (κ2) is 7.98. The van der Waals surface area contributed by atoms with E-state index in [0.29, 0.717) is 0 Å². The fourth-order valence-corrected chi connectivity index (χ4v) is 0.964. The van der Waals surface area contributed by atoms with Gasteiger partial charge in [-0.05, 0) is 26.3 Å². The number of ether oxygens (including phenoxy) is 1. The van der Waals surface area contributed by atoms with Crippen LogP contribution in [-0.2, 0) is 4.74 Å². The van der Waals surface area contributed by atoms with E-state index in [9.17, 15) is 0 Å².